The van der Waals surface area contributed by atoms with Crippen molar-refractivity contribution in [1.29, 1.82) is 0 Å². The molecule has 3 heteroatoms. The van der Waals surface area contributed by atoms with Crippen LogP contribution in [0.15, 0.2) is 36.4 Å². The Balaban J connectivity index is 2.37. The van der Waals surface area contributed by atoms with E-state index in [1.807, 2.05) is 50.2 Å². The van der Waals surface area contributed by atoms with Crippen LogP contribution in [0.5, 0.6) is 11.5 Å². The van der Waals surface area contributed by atoms with Crippen LogP contribution in [-0.4, -0.2) is 5.11 Å². The van der Waals surface area contributed by atoms with Crippen LogP contribution in [0.4, 0.5) is 0 Å². The maximum Gasteiger partial charge on any atom is 0.133 e. The molecule has 0 spiro atoms. The summed E-state index contributed by atoms with van der Waals surface area (Å²) in [5, 5.41) is 10.5. The zero-order chi connectivity index (χ0) is 14.0. The first-order valence-corrected chi connectivity index (χ1v) is 6.58. The summed E-state index contributed by atoms with van der Waals surface area (Å²) in [6.45, 7) is 5.62. The fourth-order valence-corrected chi connectivity index (χ4v) is 2.12. The molecule has 0 aliphatic heterocycles. The van der Waals surface area contributed by atoms with Gasteiger partial charge in [0.2, 0.25) is 0 Å². The maximum absolute atomic E-state index is 9.73. The molecule has 2 aromatic carbocycles. The topological polar surface area (TPSA) is 29.5 Å². The van der Waals surface area contributed by atoms with Gasteiger partial charge < -0.3 is 9.84 Å². The number of hydrogen-bond donors (Lipinski definition) is 1. The van der Waals surface area contributed by atoms with Crippen molar-refractivity contribution >= 4 is 11.6 Å². The van der Waals surface area contributed by atoms with E-state index in [-0.39, 0.29) is 0 Å². The Bertz CT molecular complexity index is 568. The van der Waals surface area contributed by atoms with E-state index in [0.29, 0.717) is 5.75 Å². The molecule has 0 radical (unpaired) electrons. The number of hydrogen-bond acceptors (Lipinski definition) is 2. The third-order valence-electron chi connectivity index (χ3n) is 3.01. The number of benzene rings is 2. The second kappa shape index (κ2) is 5.64. The van der Waals surface area contributed by atoms with Gasteiger partial charge in [0.25, 0.3) is 0 Å². The number of aliphatic hydroxyl groups excluding tert-OH is 1. The number of aliphatic hydroxyl groups is 1. The first-order chi connectivity index (χ1) is 8.99. The molecule has 1 N–H and O–H groups in total. The molecule has 0 aromatic heterocycles. The van der Waals surface area contributed by atoms with Crippen molar-refractivity contribution in [3.05, 3.63) is 58.1 Å². The predicted molar refractivity (Wildman–Crippen MR) is 78.1 cm³/mol. The minimum Gasteiger partial charge on any atom is -0.457 e. The lowest BCUT2D eigenvalue weighted by Crippen LogP contribution is -1.96. The average molecular weight is 277 g/mol. The molecule has 0 aliphatic rings. The monoisotopic (exact) mass is 276 g/mol. The fourth-order valence-electron chi connectivity index (χ4n) is 2.01. The molecular formula is C16H17ClO2. The van der Waals surface area contributed by atoms with Crippen LogP contribution in [0.2, 0.25) is 5.02 Å². The molecule has 0 amide bonds. The number of halogens is 1. The van der Waals surface area contributed by atoms with Crippen molar-refractivity contribution < 1.29 is 9.84 Å². The van der Waals surface area contributed by atoms with Crippen LogP contribution < -0.4 is 4.74 Å². The zero-order valence-electron chi connectivity index (χ0n) is 11.3. The lowest BCUT2D eigenvalue weighted by atomic mass is 10.1. The van der Waals surface area contributed by atoms with Crippen molar-refractivity contribution in [2.75, 3.05) is 0 Å². The minimum atomic E-state index is -0.564. The molecule has 2 aromatic rings. The lowest BCUT2D eigenvalue weighted by molar-refractivity contribution is 0.195. The van der Waals surface area contributed by atoms with Crippen molar-refractivity contribution in [1.82, 2.24) is 0 Å². The molecule has 1 atom stereocenters. The highest BCUT2D eigenvalue weighted by atomic mass is 35.5. The smallest absolute Gasteiger partial charge is 0.133 e. The zero-order valence-corrected chi connectivity index (χ0v) is 12.0. The third kappa shape index (κ3) is 3.09. The van der Waals surface area contributed by atoms with E-state index in [9.17, 15) is 5.11 Å². The Morgan fingerprint density at radius 2 is 1.68 bits per heavy atom. The van der Waals surface area contributed by atoms with E-state index in [0.717, 1.165) is 27.5 Å². The van der Waals surface area contributed by atoms with Crippen LogP contribution in [0.25, 0.3) is 0 Å². The molecule has 0 saturated heterocycles. The van der Waals surface area contributed by atoms with E-state index in [1.165, 1.54) is 0 Å². The van der Waals surface area contributed by atoms with E-state index >= 15 is 0 Å². The van der Waals surface area contributed by atoms with Crippen molar-refractivity contribution in [2.45, 2.75) is 26.9 Å². The number of rotatable bonds is 3. The van der Waals surface area contributed by atoms with E-state index in [2.05, 4.69) is 0 Å². The lowest BCUT2D eigenvalue weighted by Gasteiger charge is -2.14. The summed E-state index contributed by atoms with van der Waals surface area (Å²) >= 11 is 6.14. The van der Waals surface area contributed by atoms with Gasteiger partial charge in [-0.1, -0.05) is 29.8 Å². The molecule has 0 bridgehead atoms. The predicted octanol–water partition coefficient (Wildman–Crippen LogP) is 4.80. The molecule has 19 heavy (non-hydrogen) atoms. The summed E-state index contributed by atoms with van der Waals surface area (Å²) in [7, 11) is 0. The quantitative estimate of drug-likeness (QED) is 0.872. The number of ether oxygens (including phenoxy) is 1. The van der Waals surface area contributed by atoms with Gasteiger partial charge in [0.15, 0.2) is 0 Å². The van der Waals surface area contributed by atoms with Gasteiger partial charge in [-0.25, -0.2) is 0 Å². The van der Waals surface area contributed by atoms with Gasteiger partial charge in [-0.3, -0.25) is 0 Å². The summed E-state index contributed by atoms with van der Waals surface area (Å²) in [6.07, 6.45) is -0.564. The maximum atomic E-state index is 9.73. The van der Waals surface area contributed by atoms with Crippen LogP contribution in [0.3, 0.4) is 0 Å². The van der Waals surface area contributed by atoms with Crippen LogP contribution >= 0.6 is 11.6 Å². The molecule has 0 aliphatic carbocycles. The summed E-state index contributed by atoms with van der Waals surface area (Å²) in [6, 6.07) is 11.3. The van der Waals surface area contributed by atoms with Crippen LogP contribution in [0, 0.1) is 13.8 Å². The third-order valence-corrected chi connectivity index (χ3v) is 3.60. The second-order valence-electron chi connectivity index (χ2n) is 4.69. The summed E-state index contributed by atoms with van der Waals surface area (Å²) in [4.78, 5) is 0. The number of para-hydroxylation sites is 1. The summed E-state index contributed by atoms with van der Waals surface area (Å²) in [5.41, 5.74) is 2.73. The molecular weight excluding hydrogens is 260 g/mol. The normalized spacial score (nSPS) is 12.3. The Morgan fingerprint density at radius 3 is 2.26 bits per heavy atom. The molecule has 1 unspecified atom stereocenters. The van der Waals surface area contributed by atoms with Crippen LogP contribution in [0.1, 0.15) is 29.7 Å². The van der Waals surface area contributed by atoms with Crippen molar-refractivity contribution in [2.24, 2.45) is 0 Å². The van der Waals surface area contributed by atoms with Gasteiger partial charge in [0.1, 0.15) is 11.5 Å². The van der Waals surface area contributed by atoms with Gasteiger partial charge in [-0.2, -0.15) is 0 Å². The Morgan fingerprint density at radius 1 is 1.11 bits per heavy atom. The number of aryl methyl sites for hydroxylation is 2. The molecule has 0 fully saturated rings. The van der Waals surface area contributed by atoms with E-state index in [1.54, 1.807) is 6.92 Å². The highest BCUT2D eigenvalue weighted by molar-refractivity contribution is 6.32. The standard InChI is InChI=1S/C16H17ClO2/c1-10-8-13(9-11(2)16(10)17)19-15-7-5-4-6-14(15)12(3)18/h4-9,12,18H,1-3H3. The van der Waals surface area contributed by atoms with Gasteiger partial charge in [-0.05, 0) is 50.1 Å². The fraction of sp³-hybridized carbons (Fsp3) is 0.250. The van der Waals surface area contributed by atoms with Gasteiger partial charge in [-0.15, -0.1) is 0 Å². The largest absolute Gasteiger partial charge is 0.457 e. The van der Waals surface area contributed by atoms with Crippen molar-refractivity contribution in [3.63, 3.8) is 0 Å². The Labute approximate surface area is 118 Å². The SMILES string of the molecule is Cc1cc(Oc2ccccc2C(C)O)cc(C)c1Cl. The minimum absolute atomic E-state index is 0.564. The Kier molecular flexibility index (Phi) is 4.13. The second-order valence-corrected chi connectivity index (χ2v) is 5.06. The molecule has 0 saturated carbocycles. The first kappa shape index (κ1) is 13.9. The van der Waals surface area contributed by atoms with Gasteiger partial charge in [0, 0.05) is 10.6 Å². The van der Waals surface area contributed by atoms with Gasteiger partial charge >= 0.3 is 0 Å². The van der Waals surface area contributed by atoms with E-state index in [4.69, 9.17) is 16.3 Å². The molecule has 0 heterocycles. The van der Waals surface area contributed by atoms with Gasteiger partial charge in [0.05, 0.1) is 6.10 Å². The highest BCUT2D eigenvalue weighted by Crippen LogP contribution is 2.32. The molecule has 2 nitrogen and oxygen atoms in total. The highest BCUT2D eigenvalue weighted by Gasteiger charge is 2.10. The Hall–Kier alpha value is -1.51. The van der Waals surface area contributed by atoms with Crippen LogP contribution in [-0.2, 0) is 0 Å². The average Bonchev–Trinajstić information content (AvgIpc) is 2.36. The summed E-state index contributed by atoms with van der Waals surface area (Å²) in [5.74, 6) is 1.39. The summed E-state index contributed by atoms with van der Waals surface area (Å²) < 4.78 is 5.87. The first-order valence-electron chi connectivity index (χ1n) is 6.20. The molecule has 2 rings (SSSR count). The van der Waals surface area contributed by atoms with E-state index < -0.39 is 6.10 Å². The van der Waals surface area contributed by atoms with Crippen molar-refractivity contribution in [3.8, 4) is 11.5 Å². The molecule has 100 valence electrons.